The summed E-state index contributed by atoms with van der Waals surface area (Å²) in [5.41, 5.74) is -0.534. The van der Waals surface area contributed by atoms with E-state index in [2.05, 4.69) is 5.10 Å². The number of carbonyl (C=O) groups is 1. The number of aromatic carboxylic acids is 1. The monoisotopic (exact) mass is 266 g/mol. The van der Waals surface area contributed by atoms with E-state index in [-0.39, 0.29) is 12.2 Å². The van der Waals surface area contributed by atoms with Crippen LogP contribution in [0.2, 0.25) is 0 Å². The Bertz CT molecular complexity index is 698. The molecule has 0 aliphatic carbocycles. The first-order valence-corrected chi connectivity index (χ1v) is 5.23. The van der Waals surface area contributed by atoms with Gasteiger partial charge in [0.2, 0.25) is 0 Å². The summed E-state index contributed by atoms with van der Waals surface area (Å²) >= 11 is 0. The van der Waals surface area contributed by atoms with Crippen LogP contribution in [0, 0.1) is 11.6 Å². The second-order valence-corrected chi connectivity index (χ2v) is 3.77. The molecule has 7 heteroatoms. The lowest BCUT2D eigenvalue weighted by Crippen LogP contribution is -2.24. The van der Waals surface area contributed by atoms with E-state index in [9.17, 15) is 18.4 Å². The molecule has 1 aromatic heterocycles. The molecule has 0 saturated carbocycles. The van der Waals surface area contributed by atoms with Crippen LogP contribution in [0.25, 0.3) is 0 Å². The van der Waals surface area contributed by atoms with Crippen molar-refractivity contribution in [2.75, 3.05) is 0 Å². The molecule has 0 saturated heterocycles. The van der Waals surface area contributed by atoms with Crippen molar-refractivity contribution in [1.29, 1.82) is 0 Å². The Morgan fingerprint density at radius 1 is 1.21 bits per heavy atom. The first-order valence-electron chi connectivity index (χ1n) is 5.23. The fourth-order valence-electron chi connectivity index (χ4n) is 1.49. The molecule has 0 unspecified atom stereocenters. The van der Waals surface area contributed by atoms with Gasteiger partial charge in [-0.25, -0.2) is 18.3 Å². The minimum Gasteiger partial charge on any atom is -0.476 e. The van der Waals surface area contributed by atoms with Gasteiger partial charge in [-0.05, 0) is 23.8 Å². The zero-order valence-corrected chi connectivity index (χ0v) is 9.51. The van der Waals surface area contributed by atoms with Gasteiger partial charge in [-0.2, -0.15) is 5.10 Å². The number of aromatic nitrogens is 2. The van der Waals surface area contributed by atoms with E-state index in [1.54, 1.807) is 0 Å². The molecule has 5 nitrogen and oxygen atoms in total. The number of carboxylic acid groups (broad SMARTS) is 1. The molecule has 1 aromatic carbocycles. The predicted molar refractivity (Wildman–Crippen MR) is 60.9 cm³/mol. The van der Waals surface area contributed by atoms with E-state index in [0.29, 0.717) is 5.56 Å². The number of rotatable bonds is 3. The highest BCUT2D eigenvalue weighted by Crippen LogP contribution is 2.09. The van der Waals surface area contributed by atoms with Gasteiger partial charge in [0.15, 0.2) is 17.3 Å². The third kappa shape index (κ3) is 2.82. The Kier molecular flexibility index (Phi) is 3.37. The summed E-state index contributed by atoms with van der Waals surface area (Å²) in [6.07, 6.45) is 0. The summed E-state index contributed by atoms with van der Waals surface area (Å²) in [6, 6.07) is 5.27. The fraction of sp³-hybridized carbons (Fsp3) is 0.0833. The van der Waals surface area contributed by atoms with Crippen LogP contribution in [0.4, 0.5) is 8.78 Å². The van der Waals surface area contributed by atoms with Gasteiger partial charge in [-0.15, -0.1) is 0 Å². The van der Waals surface area contributed by atoms with Crippen LogP contribution in [-0.4, -0.2) is 20.9 Å². The normalized spacial score (nSPS) is 10.4. The van der Waals surface area contributed by atoms with Gasteiger partial charge in [-0.1, -0.05) is 6.07 Å². The van der Waals surface area contributed by atoms with Crippen LogP contribution >= 0.6 is 0 Å². The molecule has 0 radical (unpaired) electrons. The standard InChI is InChI=1S/C12H8F2N2O3/c13-8-2-1-7(5-9(8)14)6-16-11(17)4-3-10(15-16)12(18)19/h1-5H,6H2,(H,18,19). The van der Waals surface area contributed by atoms with Crippen LogP contribution in [0.15, 0.2) is 35.1 Å². The number of benzene rings is 1. The van der Waals surface area contributed by atoms with Crippen LogP contribution in [-0.2, 0) is 6.54 Å². The van der Waals surface area contributed by atoms with E-state index in [4.69, 9.17) is 5.11 Å². The molecule has 0 fully saturated rings. The third-order valence-electron chi connectivity index (χ3n) is 2.40. The van der Waals surface area contributed by atoms with Crippen molar-refractivity contribution in [3.05, 3.63) is 63.6 Å². The molecule has 2 rings (SSSR count). The maximum Gasteiger partial charge on any atom is 0.356 e. The predicted octanol–water partition coefficient (Wildman–Crippen LogP) is 1.27. The summed E-state index contributed by atoms with van der Waals surface area (Å²) in [6.45, 7) is -0.142. The maximum absolute atomic E-state index is 13.0. The molecule has 1 N–H and O–H groups in total. The molecule has 0 aliphatic rings. The number of hydrogen-bond donors (Lipinski definition) is 1. The molecule has 19 heavy (non-hydrogen) atoms. The Hall–Kier alpha value is -2.57. The summed E-state index contributed by atoms with van der Waals surface area (Å²) in [5, 5.41) is 12.4. The molecule has 1 heterocycles. The van der Waals surface area contributed by atoms with Crippen LogP contribution in [0.3, 0.4) is 0 Å². The number of hydrogen-bond acceptors (Lipinski definition) is 3. The minimum absolute atomic E-state index is 0.142. The van der Waals surface area contributed by atoms with Gasteiger partial charge in [-0.3, -0.25) is 4.79 Å². The van der Waals surface area contributed by atoms with Crippen molar-refractivity contribution in [1.82, 2.24) is 9.78 Å². The van der Waals surface area contributed by atoms with E-state index in [1.807, 2.05) is 0 Å². The second kappa shape index (κ2) is 4.97. The SMILES string of the molecule is O=C(O)c1ccc(=O)n(Cc2ccc(F)c(F)c2)n1. The average Bonchev–Trinajstić information content (AvgIpc) is 2.36. The lowest BCUT2D eigenvalue weighted by atomic mass is 10.2. The summed E-state index contributed by atoms with van der Waals surface area (Å²) < 4.78 is 26.6. The number of halogens is 2. The number of nitrogens with zero attached hydrogens (tertiary/aromatic N) is 2. The summed E-state index contributed by atoms with van der Waals surface area (Å²) in [5.74, 6) is -3.32. The highest BCUT2D eigenvalue weighted by atomic mass is 19.2. The summed E-state index contributed by atoms with van der Waals surface area (Å²) in [4.78, 5) is 22.2. The third-order valence-corrected chi connectivity index (χ3v) is 2.40. The second-order valence-electron chi connectivity index (χ2n) is 3.77. The zero-order valence-electron chi connectivity index (χ0n) is 9.51. The van der Waals surface area contributed by atoms with Crippen LogP contribution in [0.1, 0.15) is 16.1 Å². The molecule has 0 amide bonds. The Balaban J connectivity index is 2.37. The molecule has 0 atom stereocenters. The van der Waals surface area contributed by atoms with E-state index < -0.39 is 23.2 Å². The van der Waals surface area contributed by atoms with E-state index in [1.165, 1.54) is 6.07 Å². The van der Waals surface area contributed by atoms with E-state index in [0.717, 1.165) is 28.9 Å². The molecular formula is C12H8F2N2O3. The van der Waals surface area contributed by atoms with Crippen molar-refractivity contribution >= 4 is 5.97 Å². The van der Waals surface area contributed by atoms with Crippen LogP contribution < -0.4 is 5.56 Å². The lowest BCUT2D eigenvalue weighted by molar-refractivity contribution is 0.0687. The fourth-order valence-corrected chi connectivity index (χ4v) is 1.49. The van der Waals surface area contributed by atoms with Crippen molar-refractivity contribution in [3.63, 3.8) is 0 Å². The number of carboxylic acids is 1. The summed E-state index contributed by atoms with van der Waals surface area (Å²) in [7, 11) is 0. The van der Waals surface area contributed by atoms with Gasteiger partial charge in [0.05, 0.1) is 6.54 Å². The highest BCUT2D eigenvalue weighted by Gasteiger charge is 2.09. The van der Waals surface area contributed by atoms with Gasteiger partial charge < -0.3 is 5.11 Å². The zero-order chi connectivity index (χ0) is 14.0. The maximum atomic E-state index is 13.0. The Morgan fingerprint density at radius 3 is 2.58 bits per heavy atom. The molecule has 0 aliphatic heterocycles. The molecule has 98 valence electrons. The molecule has 2 aromatic rings. The van der Waals surface area contributed by atoms with Crippen molar-refractivity contribution < 1.29 is 18.7 Å². The van der Waals surface area contributed by atoms with Crippen LogP contribution in [0.5, 0.6) is 0 Å². The topological polar surface area (TPSA) is 72.2 Å². The van der Waals surface area contributed by atoms with Gasteiger partial charge in [0, 0.05) is 6.07 Å². The Labute approximate surface area is 105 Å². The smallest absolute Gasteiger partial charge is 0.356 e. The molecule has 0 spiro atoms. The quantitative estimate of drug-likeness (QED) is 0.908. The van der Waals surface area contributed by atoms with Crippen molar-refractivity contribution in [3.8, 4) is 0 Å². The molecule has 0 bridgehead atoms. The van der Waals surface area contributed by atoms with E-state index >= 15 is 0 Å². The van der Waals surface area contributed by atoms with Gasteiger partial charge in [0.25, 0.3) is 5.56 Å². The van der Waals surface area contributed by atoms with Crippen molar-refractivity contribution in [2.45, 2.75) is 6.54 Å². The average molecular weight is 266 g/mol. The van der Waals surface area contributed by atoms with Crippen molar-refractivity contribution in [2.24, 2.45) is 0 Å². The first-order chi connectivity index (χ1) is 8.97. The largest absolute Gasteiger partial charge is 0.476 e. The minimum atomic E-state index is -1.28. The van der Waals surface area contributed by atoms with Gasteiger partial charge in [0.1, 0.15) is 0 Å². The first kappa shape index (κ1) is 12.9. The lowest BCUT2D eigenvalue weighted by Gasteiger charge is -2.05. The molecular weight excluding hydrogens is 258 g/mol. The highest BCUT2D eigenvalue weighted by molar-refractivity contribution is 5.84. The Morgan fingerprint density at radius 2 is 1.95 bits per heavy atom. The van der Waals surface area contributed by atoms with Gasteiger partial charge >= 0.3 is 5.97 Å².